The quantitative estimate of drug-likeness (QED) is 0.166. The fraction of sp³-hybridized carbons (Fsp3) is 0.143. The van der Waals surface area contributed by atoms with E-state index in [1.165, 1.54) is 11.8 Å². The van der Waals surface area contributed by atoms with Crippen LogP contribution >= 0.6 is 35.0 Å². The Morgan fingerprint density at radius 2 is 1.92 bits per heavy atom. The molecule has 0 bridgehead atoms. The molecule has 2 heterocycles. The van der Waals surface area contributed by atoms with E-state index in [1.807, 2.05) is 36.4 Å². The zero-order valence-corrected chi connectivity index (χ0v) is 22.9. The van der Waals surface area contributed by atoms with Crippen molar-refractivity contribution in [3.63, 3.8) is 0 Å². The summed E-state index contributed by atoms with van der Waals surface area (Å²) in [5, 5.41) is 14.4. The van der Waals surface area contributed by atoms with Gasteiger partial charge in [0, 0.05) is 38.9 Å². The molecule has 3 aromatic carbocycles. The molecular weight excluding hydrogens is 557 g/mol. The molecule has 0 aliphatic carbocycles. The molecule has 39 heavy (non-hydrogen) atoms. The monoisotopic (exact) mass is 579 g/mol. The van der Waals surface area contributed by atoms with Crippen LogP contribution in [-0.2, 0) is 11.4 Å². The molecule has 8 nitrogen and oxygen atoms in total. The molecular formula is C28H23Cl2N5O3S. The number of nitrogens with zero attached hydrogens (tertiary/aromatic N) is 4. The summed E-state index contributed by atoms with van der Waals surface area (Å²) in [5.74, 6) is 1.33. The fourth-order valence-electron chi connectivity index (χ4n) is 3.93. The lowest BCUT2D eigenvalue weighted by atomic mass is 9.99. The van der Waals surface area contributed by atoms with E-state index in [9.17, 15) is 4.79 Å². The molecule has 198 valence electrons. The fourth-order valence-corrected chi connectivity index (χ4v) is 5.10. The zero-order chi connectivity index (χ0) is 27.2. The van der Waals surface area contributed by atoms with Crippen molar-refractivity contribution in [3.05, 3.63) is 118 Å². The van der Waals surface area contributed by atoms with E-state index in [0.29, 0.717) is 44.5 Å². The molecule has 0 spiro atoms. The van der Waals surface area contributed by atoms with Crippen molar-refractivity contribution >= 4 is 46.6 Å². The number of hydrogen-bond donors (Lipinski definition) is 1. The second-order valence-electron chi connectivity index (χ2n) is 8.43. The number of rotatable bonds is 10. The minimum Gasteiger partial charge on any atom is -0.485 e. The molecule has 1 amide bonds. The number of para-hydroxylation sites is 1. The molecule has 5 rings (SSSR count). The summed E-state index contributed by atoms with van der Waals surface area (Å²) in [6.45, 7) is 3.80. The zero-order valence-electron chi connectivity index (χ0n) is 20.6. The molecule has 11 heteroatoms. The van der Waals surface area contributed by atoms with Gasteiger partial charge in [-0.05, 0) is 36.4 Å². The Morgan fingerprint density at radius 1 is 1.13 bits per heavy atom. The number of aromatic nitrogens is 3. The van der Waals surface area contributed by atoms with Crippen molar-refractivity contribution in [3.8, 4) is 5.75 Å². The van der Waals surface area contributed by atoms with E-state index < -0.39 is 0 Å². The van der Waals surface area contributed by atoms with Gasteiger partial charge in [0.05, 0.1) is 5.71 Å². The van der Waals surface area contributed by atoms with Crippen LogP contribution < -0.4 is 10.2 Å². The van der Waals surface area contributed by atoms with E-state index in [4.69, 9.17) is 32.8 Å². The van der Waals surface area contributed by atoms with Crippen LogP contribution in [0.4, 0.5) is 0 Å². The van der Waals surface area contributed by atoms with Crippen LogP contribution in [-0.4, -0.2) is 32.2 Å². The van der Waals surface area contributed by atoms with Gasteiger partial charge in [0.2, 0.25) is 5.16 Å². The number of halogens is 2. The van der Waals surface area contributed by atoms with Crippen LogP contribution in [0.1, 0.15) is 39.8 Å². The SMILES string of the molecule is C=CCSc1nnc(COc2ccccc2C2=NOC(c3ccc(Cl)cc3Cl)C2)n1NC(=O)c1ccccc1. The largest absolute Gasteiger partial charge is 0.485 e. The molecule has 1 aromatic heterocycles. The number of carbonyl (C=O) groups excluding carboxylic acids is 1. The molecule has 0 saturated heterocycles. The molecule has 1 N–H and O–H groups in total. The average Bonchev–Trinajstić information content (AvgIpc) is 3.59. The van der Waals surface area contributed by atoms with Gasteiger partial charge in [-0.3, -0.25) is 10.2 Å². The first-order chi connectivity index (χ1) is 19.0. The minimum absolute atomic E-state index is 0.0499. The lowest BCUT2D eigenvalue weighted by molar-refractivity contribution is 0.0858. The minimum atomic E-state index is -0.335. The third kappa shape index (κ3) is 6.27. The molecule has 0 saturated carbocycles. The Kier molecular flexibility index (Phi) is 8.51. The number of ether oxygens (including phenoxy) is 1. The predicted molar refractivity (Wildman–Crippen MR) is 153 cm³/mol. The lowest BCUT2D eigenvalue weighted by Crippen LogP contribution is -2.26. The second kappa shape index (κ2) is 12.4. The highest BCUT2D eigenvalue weighted by Crippen LogP contribution is 2.36. The van der Waals surface area contributed by atoms with E-state index in [1.54, 1.807) is 47.2 Å². The normalized spacial score (nSPS) is 14.4. The van der Waals surface area contributed by atoms with Gasteiger partial charge < -0.3 is 9.57 Å². The Balaban J connectivity index is 1.33. The summed E-state index contributed by atoms with van der Waals surface area (Å²) in [5.41, 5.74) is 5.71. The number of hydrogen-bond acceptors (Lipinski definition) is 7. The number of oxime groups is 1. The van der Waals surface area contributed by atoms with Crippen LogP contribution in [0.2, 0.25) is 10.0 Å². The van der Waals surface area contributed by atoms with Crippen molar-refractivity contribution in [1.29, 1.82) is 0 Å². The summed E-state index contributed by atoms with van der Waals surface area (Å²) >= 11 is 13.8. The first kappa shape index (κ1) is 26.8. The summed E-state index contributed by atoms with van der Waals surface area (Å²) < 4.78 is 7.72. The van der Waals surface area contributed by atoms with Gasteiger partial charge in [-0.2, -0.15) is 0 Å². The van der Waals surface area contributed by atoms with Crippen molar-refractivity contribution in [2.75, 3.05) is 11.2 Å². The number of carbonyl (C=O) groups is 1. The highest BCUT2D eigenvalue weighted by Gasteiger charge is 2.27. The maximum absolute atomic E-state index is 12.9. The van der Waals surface area contributed by atoms with E-state index in [-0.39, 0.29) is 18.6 Å². The highest BCUT2D eigenvalue weighted by molar-refractivity contribution is 7.99. The molecule has 0 radical (unpaired) electrons. The number of benzene rings is 3. The summed E-state index contributed by atoms with van der Waals surface area (Å²) in [6.07, 6.45) is 1.93. The smallest absolute Gasteiger partial charge is 0.270 e. The van der Waals surface area contributed by atoms with Crippen LogP contribution in [0.3, 0.4) is 0 Å². The van der Waals surface area contributed by atoms with Crippen LogP contribution in [0.5, 0.6) is 5.75 Å². The first-order valence-corrected chi connectivity index (χ1v) is 13.7. The highest BCUT2D eigenvalue weighted by atomic mass is 35.5. The van der Waals surface area contributed by atoms with Gasteiger partial charge in [-0.1, -0.05) is 82.6 Å². The maximum atomic E-state index is 12.9. The van der Waals surface area contributed by atoms with E-state index >= 15 is 0 Å². The average molecular weight is 580 g/mol. The van der Waals surface area contributed by atoms with Crippen molar-refractivity contribution in [2.45, 2.75) is 24.3 Å². The van der Waals surface area contributed by atoms with Crippen molar-refractivity contribution in [2.24, 2.45) is 5.16 Å². The Labute approximate surface area is 239 Å². The standard InChI is InChI=1S/C28H23Cl2N5O3S/c1-2-14-39-28-32-31-26(35(28)33-27(36)18-8-4-3-5-9-18)17-37-24-11-7-6-10-21(24)23-16-25(38-34-23)20-13-12-19(29)15-22(20)30/h2-13,15,25H,1,14,16-17H2,(H,33,36). The number of thioether (sulfide) groups is 1. The molecule has 1 unspecified atom stereocenters. The summed E-state index contributed by atoms with van der Waals surface area (Å²) in [7, 11) is 0. The van der Waals surface area contributed by atoms with Crippen LogP contribution in [0.25, 0.3) is 0 Å². The Hall–Kier alpha value is -3.79. The van der Waals surface area contributed by atoms with E-state index in [2.05, 4.69) is 27.4 Å². The van der Waals surface area contributed by atoms with Gasteiger partial charge in [-0.15, -0.1) is 16.8 Å². The molecule has 0 fully saturated rings. The van der Waals surface area contributed by atoms with Gasteiger partial charge in [0.15, 0.2) is 11.9 Å². The Morgan fingerprint density at radius 3 is 2.72 bits per heavy atom. The Bertz CT molecular complexity index is 1530. The first-order valence-electron chi connectivity index (χ1n) is 12.0. The third-order valence-electron chi connectivity index (χ3n) is 5.81. The van der Waals surface area contributed by atoms with Crippen LogP contribution in [0.15, 0.2) is 95.8 Å². The lowest BCUT2D eigenvalue weighted by Gasteiger charge is -2.14. The summed E-state index contributed by atoms with van der Waals surface area (Å²) in [4.78, 5) is 18.6. The summed E-state index contributed by atoms with van der Waals surface area (Å²) in [6, 6.07) is 21.8. The molecule has 1 aliphatic heterocycles. The number of nitrogens with one attached hydrogen (secondary N) is 1. The van der Waals surface area contributed by atoms with E-state index in [0.717, 1.165) is 16.8 Å². The van der Waals surface area contributed by atoms with Gasteiger partial charge >= 0.3 is 0 Å². The number of amides is 1. The van der Waals surface area contributed by atoms with Gasteiger partial charge in [0.25, 0.3) is 5.91 Å². The molecule has 1 atom stereocenters. The van der Waals surface area contributed by atoms with Gasteiger partial charge in [0.1, 0.15) is 12.4 Å². The molecule has 1 aliphatic rings. The van der Waals surface area contributed by atoms with Gasteiger partial charge in [-0.25, -0.2) is 4.68 Å². The van der Waals surface area contributed by atoms with Crippen molar-refractivity contribution < 1.29 is 14.4 Å². The van der Waals surface area contributed by atoms with Crippen LogP contribution in [0, 0.1) is 0 Å². The third-order valence-corrected chi connectivity index (χ3v) is 7.30. The topological polar surface area (TPSA) is 90.6 Å². The van der Waals surface area contributed by atoms with Crippen molar-refractivity contribution in [1.82, 2.24) is 14.9 Å². The predicted octanol–water partition coefficient (Wildman–Crippen LogP) is 6.69. The second-order valence-corrected chi connectivity index (χ2v) is 10.3. The maximum Gasteiger partial charge on any atom is 0.270 e. The molecule has 4 aromatic rings.